The van der Waals surface area contributed by atoms with E-state index in [1.54, 1.807) is 0 Å². The van der Waals surface area contributed by atoms with Crippen LogP contribution in [0, 0.1) is 11.8 Å². The van der Waals surface area contributed by atoms with Gasteiger partial charge < -0.3 is 0 Å². The molecule has 0 aromatic carbocycles. The molecule has 0 saturated carbocycles. The third-order valence-electron chi connectivity index (χ3n) is 2.43. The van der Waals surface area contributed by atoms with Crippen molar-refractivity contribution in [2.75, 3.05) is 0 Å². The molecule has 0 N–H and O–H groups in total. The number of hydrogen-bond donors (Lipinski definition) is 0. The van der Waals surface area contributed by atoms with E-state index in [2.05, 4.69) is 53.3 Å². The molecule has 0 rings (SSSR count). The molecule has 0 nitrogen and oxygen atoms in total. The maximum atomic E-state index is 3.65. The molecule has 0 aliphatic rings. The number of rotatable bonds is 5. The normalized spacial score (nSPS) is 14.4. The molecule has 14 heavy (non-hydrogen) atoms. The van der Waals surface area contributed by atoms with Gasteiger partial charge >= 0.3 is 0 Å². The molecular formula is C14H28. The molecule has 0 amide bonds. The fraction of sp³-hybridized carbons (Fsp3) is 0.714. The van der Waals surface area contributed by atoms with Gasteiger partial charge in [0.2, 0.25) is 0 Å². The average Bonchev–Trinajstić information content (AvgIpc) is 2.19. The van der Waals surface area contributed by atoms with Crippen LogP contribution in [-0.2, 0) is 0 Å². The molecule has 0 spiro atoms. The molecule has 0 aromatic heterocycles. The fourth-order valence-electron chi connectivity index (χ4n) is 0.916. The molecule has 0 aromatic rings. The van der Waals surface area contributed by atoms with Gasteiger partial charge in [-0.05, 0) is 25.2 Å². The second-order valence-corrected chi connectivity index (χ2v) is 3.95. The van der Waals surface area contributed by atoms with Crippen LogP contribution in [0.1, 0.15) is 53.9 Å². The summed E-state index contributed by atoms with van der Waals surface area (Å²) in [4.78, 5) is 0. The van der Waals surface area contributed by atoms with Gasteiger partial charge in [-0.1, -0.05) is 58.8 Å². The third-order valence-corrected chi connectivity index (χ3v) is 2.43. The van der Waals surface area contributed by atoms with Crippen LogP contribution in [-0.4, -0.2) is 0 Å². The second kappa shape index (κ2) is 12.5. The predicted octanol–water partition coefficient (Wildman–Crippen LogP) is 5.22. The minimum Gasteiger partial charge on any atom is -0.103 e. The summed E-state index contributed by atoms with van der Waals surface area (Å²) in [6.45, 7) is 14.6. The van der Waals surface area contributed by atoms with Crippen LogP contribution < -0.4 is 0 Å². The SMILES string of the molecule is C/C=C/C(C)CC.C=CCC(C)CC. The highest BCUT2D eigenvalue weighted by atomic mass is 14.0. The summed E-state index contributed by atoms with van der Waals surface area (Å²) in [5, 5.41) is 0. The zero-order valence-electron chi connectivity index (χ0n) is 10.7. The summed E-state index contributed by atoms with van der Waals surface area (Å²) in [5.74, 6) is 1.60. The van der Waals surface area contributed by atoms with Gasteiger partial charge in [-0.3, -0.25) is 0 Å². The molecule has 0 aliphatic carbocycles. The van der Waals surface area contributed by atoms with Crippen LogP contribution in [0.4, 0.5) is 0 Å². The first-order chi connectivity index (χ1) is 6.62. The van der Waals surface area contributed by atoms with Crippen molar-refractivity contribution in [3.05, 3.63) is 24.8 Å². The van der Waals surface area contributed by atoms with Crippen molar-refractivity contribution in [2.45, 2.75) is 53.9 Å². The van der Waals surface area contributed by atoms with E-state index in [0.717, 1.165) is 18.3 Å². The molecule has 84 valence electrons. The van der Waals surface area contributed by atoms with Gasteiger partial charge in [0.05, 0.1) is 0 Å². The summed E-state index contributed by atoms with van der Waals surface area (Å²) in [7, 11) is 0. The molecule has 2 unspecified atom stereocenters. The Morgan fingerprint density at radius 2 is 1.71 bits per heavy atom. The Labute approximate surface area is 91.1 Å². The highest BCUT2D eigenvalue weighted by Gasteiger charge is 1.90. The minimum atomic E-state index is 0.769. The quantitative estimate of drug-likeness (QED) is 0.529. The van der Waals surface area contributed by atoms with Gasteiger partial charge in [-0.15, -0.1) is 6.58 Å². The molecule has 2 atom stereocenters. The maximum absolute atomic E-state index is 3.65. The van der Waals surface area contributed by atoms with E-state index in [0.29, 0.717) is 0 Å². The van der Waals surface area contributed by atoms with E-state index >= 15 is 0 Å². The largest absolute Gasteiger partial charge is 0.103 e. The van der Waals surface area contributed by atoms with Crippen molar-refractivity contribution in [2.24, 2.45) is 11.8 Å². The van der Waals surface area contributed by atoms with Gasteiger partial charge in [-0.25, -0.2) is 0 Å². The summed E-state index contributed by atoms with van der Waals surface area (Å²) in [6, 6.07) is 0. The van der Waals surface area contributed by atoms with Gasteiger partial charge in [-0.2, -0.15) is 0 Å². The van der Waals surface area contributed by atoms with E-state index in [4.69, 9.17) is 0 Å². The molecule has 0 radical (unpaired) electrons. The van der Waals surface area contributed by atoms with Crippen molar-refractivity contribution in [3.8, 4) is 0 Å². The summed E-state index contributed by atoms with van der Waals surface area (Å²) in [6.07, 6.45) is 10.00. The summed E-state index contributed by atoms with van der Waals surface area (Å²) in [5.41, 5.74) is 0. The van der Waals surface area contributed by atoms with Crippen molar-refractivity contribution >= 4 is 0 Å². The maximum Gasteiger partial charge on any atom is -0.0265 e. The van der Waals surface area contributed by atoms with E-state index in [-0.39, 0.29) is 0 Å². The van der Waals surface area contributed by atoms with Crippen LogP contribution in [0.15, 0.2) is 24.8 Å². The lowest BCUT2D eigenvalue weighted by atomic mass is 10.1. The third kappa shape index (κ3) is 14.0. The molecule has 0 heteroatoms. The first-order valence-corrected chi connectivity index (χ1v) is 5.85. The van der Waals surface area contributed by atoms with Gasteiger partial charge in [0.1, 0.15) is 0 Å². The Hall–Kier alpha value is -0.520. The second-order valence-electron chi connectivity index (χ2n) is 3.95. The minimum absolute atomic E-state index is 0.769. The van der Waals surface area contributed by atoms with Gasteiger partial charge in [0, 0.05) is 0 Å². The summed E-state index contributed by atoms with van der Waals surface area (Å²) >= 11 is 0. The molecule has 0 saturated heterocycles. The Bertz CT molecular complexity index is 133. The summed E-state index contributed by atoms with van der Waals surface area (Å²) < 4.78 is 0. The van der Waals surface area contributed by atoms with Gasteiger partial charge in [0.25, 0.3) is 0 Å². The van der Waals surface area contributed by atoms with Gasteiger partial charge in [0.15, 0.2) is 0 Å². The predicted molar refractivity (Wildman–Crippen MR) is 68.5 cm³/mol. The monoisotopic (exact) mass is 196 g/mol. The molecule has 0 heterocycles. The lowest BCUT2D eigenvalue weighted by molar-refractivity contribution is 0.572. The van der Waals surface area contributed by atoms with Crippen molar-refractivity contribution in [1.82, 2.24) is 0 Å². The van der Waals surface area contributed by atoms with Crippen molar-refractivity contribution in [1.29, 1.82) is 0 Å². The molecule has 0 fully saturated rings. The van der Waals surface area contributed by atoms with Crippen LogP contribution in [0.5, 0.6) is 0 Å². The van der Waals surface area contributed by atoms with Crippen LogP contribution in [0.3, 0.4) is 0 Å². The zero-order chi connectivity index (χ0) is 11.4. The van der Waals surface area contributed by atoms with E-state index in [1.807, 2.05) is 6.08 Å². The van der Waals surface area contributed by atoms with Crippen LogP contribution in [0.25, 0.3) is 0 Å². The van der Waals surface area contributed by atoms with Crippen molar-refractivity contribution < 1.29 is 0 Å². The Kier molecular flexibility index (Phi) is 14.2. The van der Waals surface area contributed by atoms with Crippen LogP contribution in [0.2, 0.25) is 0 Å². The standard InChI is InChI=1S/2C7H14/c2*1-4-6-7(3)5-2/h4,6-7H,5H2,1-3H3;4,7H,1,5-6H2,2-3H3/b6-4+;. The van der Waals surface area contributed by atoms with Crippen LogP contribution >= 0.6 is 0 Å². The number of hydrogen-bond acceptors (Lipinski definition) is 0. The molecular weight excluding hydrogens is 168 g/mol. The highest BCUT2D eigenvalue weighted by Crippen LogP contribution is 2.04. The Morgan fingerprint density at radius 1 is 1.14 bits per heavy atom. The topological polar surface area (TPSA) is 0 Å². The Balaban J connectivity index is 0. The fourth-order valence-corrected chi connectivity index (χ4v) is 0.916. The lowest BCUT2D eigenvalue weighted by Crippen LogP contribution is -1.86. The molecule has 0 aliphatic heterocycles. The van der Waals surface area contributed by atoms with E-state index in [9.17, 15) is 0 Å². The highest BCUT2D eigenvalue weighted by molar-refractivity contribution is 4.81. The molecule has 0 bridgehead atoms. The van der Waals surface area contributed by atoms with E-state index < -0.39 is 0 Å². The zero-order valence-corrected chi connectivity index (χ0v) is 10.7. The average molecular weight is 196 g/mol. The number of allylic oxidation sites excluding steroid dienone is 3. The Morgan fingerprint density at radius 3 is 1.86 bits per heavy atom. The first-order valence-electron chi connectivity index (χ1n) is 5.85. The van der Waals surface area contributed by atoms with E-state index in [1.165, 1.54) is 12.8 Å². The smallest absolute Gasteiger partial charge is 0.0265 e. The lowest BCUT2D eigenvalue weighted by Gasteiger charge is -2.00. The first kappa shape index (κ1) is 15.9. The van der Waals surface area contributed by atoms with Crippen molar-refractivity contribution in [3.63, 3.8) is 0 Å².